The topological polar surface area (TPSA) is 57.6 Å². The van der Waals surface area contributed by atoms with Gasteiger partial charge in [-0.25, -0.2) is 0 Å². The van der Waals surface area contributed by atoms with Crippen LogP contribution in [0, 0.1) is 0 Å². The van der Waals surface area contributed by atoms with Gasteiger partial charge >= 0.3 is 0 Å². The normalized spacial score (nSPS) is 19.7. The highest BCUT2D eigenvalue weighted by Crippen LogP contribution is 2.32. The third-order valence-electron chi connectivity index (χ3n) is 6.40. The molecular formula is C23H30N4O2. The summed E-state index contributed by atoms with van der Waals surface area (Å²) >= 11 is 0. The lowest BCUT2D eigenvalue weighted by atomic mass is 9.98. The van der Waals surface area contributed by atoms with Crippen molar-refractivity contribution in [2.45, 2.75) is 38.3 Å². The minimum absolute atomic E-state index is 0.0795. The molecule has 0 aliphatic carbocycles. The molecule has 4 rings (SSSR count). The number of carbonyl (C=O) groups is 2. The summed E-state index contributed by atoms with van der Waals surface area (Å²) in [5, 5.41) is 2.70. The van der Waals surface area contributed by atoms with E-state index in [1.54, 1.807) is 7.05 Å². The summed E-state index contributed by atoms with van der Waals surface area (Å²) in [4.78, 5) is 29.5. The number of nitrogens with zero attached hydrogens (tertiary/aromatic N) is 3. The van der Waals surface area contributed by atoms with Gasteiger partial charge in [0.2, 0.25) is 5.91 Å². The van der Waals surface area contributed by atoms with E-state index in [0.29, 0.717) is 18.8 Å². The zero-order valence-electron chi connectivity index (χ0n) is 17.4. The van der Waals surface area contributed by atoms with Crippen LogP contribution in [-0.4, -0.2) is 52.9 Å². The monoisotopic (exact) mass is 394 g/mol. The highest BCUT2D eigenvalue weighted by Gasteiger charge is 2.30. The molecule has 6 nitrogen and oxygen atoms in total. The third kappa shape index (κ3) is 3.94. The SMILES string of the molecule is CNC(=O)c1ccc([C@H]2CCCCN2CC(=O)N2CCc3ccccc3C2)n1C. The Morgan fingerprint density at radius 3 is 2.66 bits per heavy atom. The number of hydrogen-bond donors (Lipinski definition) is 1. The van der Waals surface area contributed by atoms with E-state index in [9.17, 15) is 9.59 Å². The van der Waals surface area contributed by atoms with Crippen molar-refractivity contribution in [3.05, 3.63) is 58.9 Å². The average molecular weight is 395 g/mol. The van der Waals surface area contributed by atoms with Gasteiger partial charge in [0, 0.05) is 32.9 Å². The molecule has 0 unspecified atom stereocenters. The molecule has 3 heterocycles. The minimum atomic E-state index is -0.0795. The molecule has 1 N–H and O–H groups in total. The summed E-state index contributed by atoms with van der Waals surface area (Å²) in [5.74, 6) is 0.122. The predicted octanol–water partition coefficient (Wildman–Crippen LogP) is 2.50. The molecule has 154 valence electrons. The van der Waals surface area contributed by atoms with Crippen molar-refractivity contribution in [3.63, 3.8) is 0 Å². The summed E-state index contributed by atoms with van der Waals surface area (Å²) in [6.07, 6.45) is 4.20. The van der Waals surface area contributed by atoms with Gasteiger partial charge in [-0.05, 0) is 49.1 Å². The maximum absolute atomic E-state index is 13.1. The largest absolute Gasteiger partial charge is 0.354 e. The molecule has 1 atom stereocenters. The molecule has 1 fully saturated rings. The van der Waals surface area contributed by atoms with Crippen molar-refractivity contribution in [3.8, 4) is 0 Å². The maximum atomic E-state index is 13.1. The molecule has 2 amide bonds. The van der Waals surface area contributed by atoms with Crippen LogP contribution in [0.1, 0.15) is 52.6 Å². The van der Waals surface area contributed by atoms with Gasteiger partial charge in [0.25, 0.3) is 5.91 Å². The molecule has 1 saturated heterocycles. The van der Waals surface area contributed by atoms with Gasteiger partial charge in [0.05, 0.1) is 12.6 Å². The molecular weight excluding hydrogens is 364 g/mol. The first-order valence-electron chi connectivity index (χ1n) is 10.5. The van der Waals surface area contributed by atoms with E-state index >= 15 is 0 Å². The number of rotatable bonds is 4. The number of amides is 2. The zero-order chi connectivity index (χ0) is 20.4. The Kier molecular flexibility index (Phi) is 5.72. The number of likely N-dealkylation sites (tertiary alicyclic amines) is 1. The van der Waals surface area contributed by atoms with E-state index < -0.39 is 0 Å². The molecule has 1 aromatic carbocycles. The fourth-order valence-electron chi connectivity index (χ4n) is 4.72. The van der Waals surface area contributed by atoms with E-state index in [-0.39, 0.29) is 17.9 Å². The summed E-state index contributed by atoms with van der Waals surface area (Å²) in [5.41, 5.74) is 4.39. The van der Waals surface area contributed by atoms with Crippen LogP contribution in [0.15, 0.2) is 36.4 Å². The van der Waals surface area contributed by atoms with Gasteiger partial charge in [-0.1, -0.05) is 30.7 Å². The first-order valence-corrected chi connectivity index (χ1v) is 10.5. The molecule has 6 heteroatoms. The van der Waals surface area contributed by atoms with Gasteiger partial charge in [-0.2, -0.15) is 0 Å². The Morgan fingerprint density at radius 1 is 1.07 bits per heavy atom. The standard InChI is InChI=1S/C23H30N4O2/c1-24-23(29)21-11-10-19(25(21)2)20-9-5-6-13-26(20)16-22(28)27-14-12-17-7-3-4-8-18(17)15-27/h3-4,7-8,10-11,20H,5-6,9,12-16H2,1-2H3,(H,24,29)/t20-/m1/s1. The van der Waals surface area contributed by atoms with Crippen LogP contribution in [0.4, 0.5) is 0 Å². The summed E-state index contributed by atoms with van der Waals surface area (Å²) < 4.78 is 1.98. The predicted molar refractivity (Wildman–Crippen MR) is 113 cm³/mol. The van der Waals surface area contributed by atoms with E-state index in [2.05, 4.69) is 28.4 Å². The van der Waals surface area contributed by atoms with Gasteiger partial charge in [-0.3, -0.25) is 14.5 Å². The highest BCUT2D eigenvalue weighted by molar-refractivity contribution is 5.92. The van der Waals surface area contributed by atoms with Crippen LogP contribution in [0.2, 0.25) is 0 Å². The highest BCUT2D eigenvalue weighted by atomic mass is 16.2. The Bertz CT molecular complexity index is 904. The quantitative estimate of drug-likeness (QED) is 0.867. The summed E-state index contributed by atoms with van der Waals surface area (Å²) in [6.45, 7) is 2.85. The second kappa shape index (κ2) is 8.41. The molecule has 2 aliphatic heterocycles. The van der Waals surface area contributed by atoms with E-state index in [0.717, 1.165) is 44.5 Å². The smallest absolute Gasteiger partial charge is 0.267 e. The lowest BCUT2D eigenvalue weighted by Crippen LogP contribution is -2.45. The number of nitrogens with one attached hydrogen (secondary N) is 1. The van der Waals surface area contributed by atoms with Crippen LogP contribution in [0.5, 0.6) is 0 Å². The van der Waals surface area contributed by atoms with Gasteiger partial charge in [0.1, 0.15) is 5.69 Å². The molecule has 0 radical (unpaired) electrons. The lowest BCUT2D eigenvalue weighted by Gasteiger charge is -2.37. The molecule has 29 heavy (non-hydrogen) atoms. The van der Waals surface area contributed by atoms with Gasteiger partial charge in [0.15, 0.2) is 0 Å². The number of aromatic nitrogens is 1. The van der Waals surface area contributed by atoms with E-state index in [4.69, 9.17) is 0 Å². The molecule has 2 aliphatic rings. The maximum Gasteiger partial charge on any atom is 0.267 e. The Labute approximate surface area is 172 Å². The Hall–Kier alpha value is -2.60. The van der Waals surface area contributed by atoms with E-state index in [1.165, 1.54) is 11.1 Å². The summed E-state index contributed by atoms with van der Waals surface area (Å²) in [6, 6.07) is 12.5. The molecule has 0 spiro atoms. The second-order valence-corrected chi connectivity index (χ2v) is 8.10. The number of piperidine rings is 1. The first kappa shape index (κ1) is 19.7. The Balaban J connectivity index is 1.48. The number of fused-ring (bicyclic) bond motifs is 1. The summed E-state index contributed by atoms with van der Waals surface area (Å²) in [7, 11) is 3.59. The minimum Gasteiger partial charge on any atom is -0.354 e. The van der Waals surface area contributed by atoms with Crippen molar-refractivity contribution in [1.29, 1.82) is 0 Å². The first-order chi connectivity index (χ1) is 14.1. The number of benzene rings is 1. The molecule has 0 bridgehead atoms. The number of hydrogen-bond acceptors (Lipinski definition) is 3. The van der Waals surface area contributed by atoms with Crippen molar-refractivity contribution >= 4 is 11.8 Å². The third-order valence-corrected chi connectivity index (χ3v) is 6.40. The van der Waals surface area contributed by atoms with Crippen LogP contribution in [0.25, 0.3) is 0 Å². The van der Waals surface area contributed by atoms with Crippen LogP contribution >= 0.6 is 0 Å². The van der Waals surface area contributed by atoms with Crippen LogP contribution in [-0.2, 0) is 24.8 Å². The van der Waals surface area contributed by atoms with Crippen molar-refractivity contribution in [2.75, 3.05) is 26.7 Å². The molecule has 2 aromatic rings. The molecule has 1 aromatic heterocycles. The van der Waals surface area contributed by atoms with Gasteiger partial charge in [-0.15, -0.1) is 0 Å². The number of carbonyl (C=O) groups excluding carboxylic acids is 2. The fourth-order valence-corrected chi connectivity index (χ4v) is 4.72. The average Bonchev–Trinajstić information content (AvgIpc) is 3.14. The van der Waals surface area contributed by atoms with Crippen molar-refractivity contribution in [2.24, 2.45) is 7.05 Å². The fraction of sp³-hybridized carbons (Fsp3) is 0.478. The zero-order valence-corrected chi connectivity index (χ0v) is 17.4. The Morgan fingerprint density at radius 2 is 1.86 bits per heavy atom. The van der Waals surface area contributed by atoms with Crippen LogP contribution < -0.4 is 5.32 Å². The van der Waals surface area contributed by atoms with Crippen molar-refractivity contribution in [1.82, 2.24) is 19.7 Å². The van der Waals surface area contributed by atoms with Crippen LogP contribution in [0.3, 0.4) is 0 Å². The second-order valence-electron chi connectivity index (χ2n) is 8.10. The van der Waals surface area contributed by atoms with E-state index in [1.807, 2.05) is 34.7 Å². The van der Waals surface area contributed by atoms with Crippen molar-refractivity contribution < 1.29 is 9.59 Å². The molecule has 0 saturated carbocycles. The van der Waals surface area contributed by atoms with Gasteiger partial charge < -0.3 is 14.8 Å². The lowest BCUT2D eigenvalue weighted by molar-refractivity contribution is -0.134.